The maximum Gasteiger partial charge on any atom is 0.410 e. The minimum absolute atomic E-state index is 0.211. The van der Waals surface area contributed by atoms with Crippen LogP contribution in [0, 0.1) is 0 Å². The number of nitrogens with one attached hydrogen (secondary N) is 1. The van der Waals surface area contributed by atoms with Crippen LogP contribution in [-0.4, -0.2) is 45.7 Å². The van der Waals surface area contributed by atoms with Crippen LogP contribution in [0.2, 0.25) is 0 Å². The van der Waals surface area contributed by atoms with E-state index in [4.69, 9.17) is 4.74 Å². The summed E-state index contributed by atoms with van der Waals surface area (Å²) in [5.41, 5.74) is 0.554. The molecule has 0 aromatic carbocycles. The molecule has 0 bridgehead atoms. The molecule has 0 radical (unpaired) electrons. The normalized spacial score (nSPS) is 16.8. The number of aromatic nitrogens is 2. The summed E-state index contributed by atoms with van der Waals surface area (Å²) in [5.74, 6) is 0. The van der Waals surface area contributed by atoms with E-state index in [1.54, 1.807) is 17.4 Å². The number of amides is 1. The van der Waals surface area contributed by atoms with Gasteiger partial charge in [-0.1, -0.05) is 0 Å². The number of carbonyl (C=O) groups is 1. The van der Waals surface area contributed by atoms with Gasteiger partial charge < -0.3 is 15.0 Å². The molecule has 1 aromatic rings. The van der Waals surface area contributed by atoms with Crippen LogP contribution in [0.1, 0.15) is 39.3 Å². The Bertz CT molecular complexity index is 450. The summed E-state index contributed by atoms with van der Waals surface area (Å²) in [5, 5.41) is 3.48. The second kappa shape index (κ2) is 6.85. The third-order valence-corrected chi connectivity index (χ3v) is 3.36. The number of ether oxygens (including phenoxy) is 1. The van der Waals surface area contributed by atoms with Crippen LogP contribution in [0.15, 0.2) is 18.6 Å². The third kappa shape index (κ3) is 5.30. The van der Waals surface area contributed by atoms with Gasteiger partial charge in [-0.2, -0.15) is 0 Å². The summed E-state index contributed by atoms with van der Waals surface area (Å²) in [6.45, 7) is 7.87. The molecular formula is C15H24N4O2. The quantitative estimate of drug-likeness (QED) is 0.922. The Kier molecular flexibility index (Phi) is 5.12. The first-order chi connectivity index (χ1) is 9.94. The van der Waals surface area contributed by atoms with E-state index >= 15 is 0 Å². The molecule has 1 aliphatic heterocycles. The van der Waals surface area contributed by atoms with E-state index in [-0.39, 0.29) is 6.09 Å². The maximum atomic E-state index is 12.0. The van der Waals surface area contributed by atoms with Crippen molar-refractivity contribution in [2.45, 2.75) is 51.8 Å². The lowest BCUT2D eigenvalue weighted by Gasteiger charge is -2.33. The summed E-state index contributed by atoms with van der Waals surface area (Å²) in [6.07, 6.45) is 4.96. The summed E-state index contributed by atoms with van der Waals surface area (Å²) in [6, 6.07) is 2.32. The highest BCUT2D eigenvalue weighted by Crippen LogP contribution is 2.15. The highest BCUT2D eigenvalue weighted by molar-refractivity contribution is 5.68. The van der Waals surface area contributed by atoms with Gasteiger partial charge in [0.15, 0.2) is 0 Å². The van der Waals surface area contributed by atoms with Crippen LogP contribution in [0.3, 0.4) is 0 Å². The fourth-order valence-electron chi connectivity index (χ4n) is 2.26. The molecule has 1 N–H and O–H groups in total. The van der Waals surface area contributed by atoms with Gasteiger partial charge in [0.25, 0.3) is 0 Å². The summed E-state index contributed by atoms with van der Waals surface area (Å²) < 4.78 is 5.39. The second-order valence-corrected chi connectivity index (χ2v) is 6.32. The number of piperidine rings is 1. The van der Waals surface area contributed by atoms with E-state index < -0.39 is 5.60 Å². The fraction of sp³-hybridized carbons (Fsp3) is 0.667. The maximum absolute atomic E-state index is 12.0. The molecule has 0 aliphatic carbocycles. The molecule has 116 valence electrons. The lowest BCUT2D eigenvalue weighted by Crippen LogP contribution is -2.46. The molecule has 2 rings (SSSR count). The minimum atomic E-state index is -0.431. The molecule has 1 amide bonds. The number of nitrogens with zero attached hydrogens (tertiary/aromatic N) is 3. The van der Waals surface area contributed by atoms with Gasteiger partial charge >= 0.3 is 6.09 Å². The Balaban J connectivity index is 1.72. The van der Waals surface area contributed by atoms with Crippen molar-refractivity contribution in [3.05, 3.63) is 24.3 Å². The van der Waals surface area contributed by atoms with E-state index in [0.29, 0.717) is 6.04 Å². The van der Waals surface area contributed by atoms with Gasteiger partial charge in [-0.15, -0.1) is 0 Å². The van der Waals surface area contributed by atoms with Gasteiger partial charge in [-0.05, 0) is 39.7 Å². The van der Waals surface area contributed by atoms with Gasteiger partial charge in [0.05, 0.1) is 5.69 Å². The van der Waals surface area contributed by atoms with Crippen molar-refractivity contribution in [2.75, 3.05) is 13.1 Å². The van der Waals surface area contributed by atoms with Crippen LogP contribution >= 0.6 is 0 Å². The zero-order valence-corrected chi connectivity index (χ0v) is 13.0. The number of carbonyl (C=O) groups excluding carboxylic acids is 1. The standard InChI is InChI=1S/C15H24N4O2/c1-15(2,3)21-14(20)19-8-5-12(6-9-19)17-10-13-4-7-16-11-18-13/h4,7,11-12,17H,5-6,8-10H2,1-3H3. The molecule has 0 unspecified atom stereocenters. The van der Waals surface area contributed by atoms with Crippen molar-refractivity contribution in [1.82, 2.24) is 20.2 Å². The van der Waals surface area contributed by atoms with E-state index in [1.807, 2.05) is 26.8 Å². The largest absolute Gasteiger partial charge is 0.444 e. The van der Waals surface area contributed by atoms with Gasteiger partial charge in [0, 0.05) is 31.9 Å². The molecule has 0 spiro atoms. The van der Waals surface area contributed by atoms with E-state index in [0.717, 1.165) is 38.2 Å². The molecule has 1 saturated heterocycles. The zero-order chi connectivity index (χ0) is 15.3. The molecule has 0 saturated carbocycles. The number of likely N-dealkylation sites (tertiary alicyclic amines) is 1. The molecule has 6 nitrogen and oxygen atoms in total. The molecule has 1 aliphatic rings. The molecule has 6 heteroatoms. The number of rotatable bonds is 3. The van der Waals surface area contributed by atoms with Crippen molar-refractivity contribution in [3.63, 3.8) is 0 Å². The lowest BCUT2D eigenvalue weighted by atomic mass is 10.1. The summed E-state index contributed by atoms with van der Waals surface area (Å²) in [7, 11) is 0. The molecule has 2 heterocycles. The molecule has 1 fully saturated rings. The first-order valence-corrected chi connectivity index (χ1v) is 7.40. The third-order valence-electron chi connectivity index (χ3n) is 3.36. The topological polar surface area (TPSA) is 67.3 Å². The number of hydrogen-bond acceptors (Lipinski definition) is 5. The Labute approximate surface area is 125 Å². The zero-order valence-electron chi connectivity index (χ0n) is 13.0. The average Bonchev–Trinajstić information content (AvgIpc) is 2.45. The van der Waals surface area contributed by atoms with Crippen molar-refractivity contribution in [1.29, 1.82) is 0 Å². The van der Waals surface area contributed by atoms with Crippen molar-refractivity contribution in [2.24, 2.45) is 0 Å². The molecule has 21 heavy (non-hydrogen) atoms. The van der Waals surface area contributed by atoms with Crippen LogP contribution in [-0.2, 0) is 11.3 Å². The van der Waals surface area contributed by atoms with Crippen molar-refractivity contribution in [3.8, 4) is 0 Å². The Morgan fingerprint density at radius 3 is 2.71 bits per heavy atom. The van der Waals surface area contributed by atoms with Crippen molar-refractivity contribution >= 4 is 6.09 Å². The van der Waals surface area contributed by atoms with Gasteiger partial charge in [-0.25, -0.2) is 14.8 Å². The van der Waals surface area contributed by atoms with E-state index in [9.17, 15) is 4.79 Å². The van der Waals surface area contributed by atoms with Gasteiger partial charge in [-0.3, -0.25) is 0 Å². The van der Waals surface area contributed by atoms with Gasteiger partial charge in [0.2, 0.25) is 0 Å². The van der Waals surface area contributed by atoms with Crippen LogP contribution in [0.25, 0.3) is 0 Å². The Hall–Kier alpha value is -1.69. The van der Waals surface area contributed by atoms with E-state index in [1.165, 1.54) is 0 Å². The van der Waals surface area contributed by atoms with Crippen LogP contribution in [0.5, 0.6) is 0 Å². The SMILES string of the molecule is CC(C)(C)OC(=O)N1CCC(NCc2ccncn2)CC1. The van der Waals surface area contributed by atoms with Crippen LogP contribution in [0.4, 0.5) is 4.79 Å². The van der Waals surface area contributed by atoms with E-state index in [2.05, 4.69) is 15.3 Å². The minimum Gasteiger partial charge on any atom is -0.444 e. The summed E-state index contributed by atoms with van der Waals surface area (Å²) in [4.78, 5) is 21.8. The molecular weight excluding hydrogens is 268 g/mol. The van der Waals surface area contributed by atoms with Crippen LogP contribution < -0.4 is 5.32 Å². The monoisotopic (exact) mass is 292 g/mol. The summed E-state index contributed by atoms with van der Waals surface area (Å²) >= 11 is 0. The molecule has 1 aromatic heterocycles. The first-order valence-electron chi connectivity index (χ1n) is 7.40. The number of hydrogen-bond donors (Lipinski definition) is 1. The van der Waals surface area contributed by atoms with Gasteiger partial charge in [0.1, 0.15) is 11.9 Å². The first kappa shape index (κ1) is 15.7. The predicted octanol–water partition coefficient (Wildman–Crippen LogP) is 1.97. The second-order valence-electron chi connectivity index (χ2n) is 6.32. The van der Waals surface area contributed by atoms with Crippen molar-refractivity contribution < 1.29 is 9.53 Å². The lowest BCUT2D eigenvalue weighted by molar-refractivity contribution is 0.0198. The predicted molar refractivity (Wildman–Crippen MR) is 79.7 cm³/mol. The fourth-order valence-corrected chi connectivity index (χ4v) is 2.26. The highest BCUT2D eigenvalue weighted by Gasteiger charge is 2.26. The average molecular weight is 292 g/mol. The smallest absolute Gasteiger partial charge is 0.410 e. The highest BCUT2D eigenvalue weighted by atomic mass is 16.6. The Morgan fingerprint density at radius 1 is 1.43 bits per heavy atom. The molecule has 0 atom stereocenters. The Morgan fingerprint density at radius 2 is 2.14 bits per heavy atom.